The minimum Gasteiger partial charge on any atom is -0.347 e. The highest BCUT2D eigenvalue weighted by Gasteiger charge is 2.19. The highest BCUT2D eigenvalue weighted by Crippen LogP contribution is 2.29. The molecule has 1 aromatic heterocycles. The van der Waals surface area contributed by atoms with Gasteiger partial charge in [0.2, 0.25) is 5.82 Å². The standard InChI is InChI=1S/C10H9FN4O2/c1-14-6-7(5-12-14)13-9-4-2-3-8(11)10(9)15(16)17/h2-6,13H,1H3. The van der Waals surface area contributed by atoms with Gasteiger partial charge in [0.15, 0.2) is 0 Å². The van der Waals surface area contributed by atoms with E-state index in [1.165, 1.54) is 23.0 Å². The third-order valence-electron chi connectivity index (χ3n) is 2.15. The third-order valence-corrected chi connectivity index (χ3v) is 2.15. The van der Waals surface area contributed by atoms with Crippen LogP contribution in [0.4, 0.5) is 21.5 Å². The SMILES string of the molecule is Cn1cc(Nc2cccc(F)c2[N+](=O)[O-])cn1. The predicted molar refractivity (Wildman–Crippen MR) is 59.5 cm³/mol. The molecule has 2 rings (SSSR count). The smallest absolute Gasteiger partial charge is 0.327 e. The van der Waals surface area contributed by atoms with Crippen LogP contribution in [0.25, 0.3) is 0 Å². The van der Waals surface area contributed by atoms with Crippen molar-refractivity contribution in [3.8, 4) is 0 Å². The van der Waals surface area contributed by atoms with E-state index in [0.29, 0.717) is 5.69 Å². The first-order chi connectivity index (χ1) is 8.08. The van der Waals surface area contributed by atoms with E-state index < -0.39 is 16.4 Å². The fraction of sp³-hybridized carbons (Fsp3) is 0.100. The summed E-state index contributed by atoms with van der Waals surface area (Å²) < 4.78 is 14.8. The summed E-state index contributed by atoms with van der Waals surface area (Å²) in [6, 6.07) is 3.89. The predicted octanol–water partition coefficient (Wildman–Crippen LogP) is 2.21. The van der Waals surface area contributed by atoms with E-state index in [1.54, 1.807) is 13.2 Å². The van der Waals surface area contributed by atoms with Gasteiger partial charge in [-0.15, -0.1) is 0 Å². The monoisotopic (exact) mass is 236 g/mol. The second-order valence-corrected chi connectivity index (χ2v) is 3.42. The minimum atomic E-state index is -0.871. The molecule has 88 valence electrons. The second-order valence-electron chi connectivity index (χ2n) is 3.42. The van der Waals surface area contributed by atoms with E-state index in [4.69, 9.17) is 0 Å². The summed E-state index contributed by atoms with van der Waals surface area (Å²) in [6.45, 7) is 0. The molecule has 1 N–H and O–H groups in total. The van der Waals surface area contributed by atoms with Crippen LogP contribution in [0.2, 0.25) is 0 Å². The van der Waals surface area contributed by atoms with E-state index in [1.807, 2.05) is 0 Å². The van der Waals surface area contributed by atoms with Crippen LogP contribution < -0.4 is 5.32 Å². The molecule has 2 aromatic rings. The first-order valence-electron chi connectivity index (χ1n) is 4.76. The molecule has 0 saturated carbocycles. The summed E-state index contributed by atoms with van der Waals surface area (Å²) in [4.78, 5) is 9.99. The molecule has 0 radical (unpaired) electrons. The highest BCUT2D eigenvalue weighted by atomic mass is 19.1. The summed E-state index contributed by atoms with van der Waals surface area (Å²) in [5.74, 6) is -0.871. The van der Waals surface area contributed by atoms with E-state index in [2.05, 4.69) is 10.4 Å². The minimum absolute atomic E-state index is 0.100. The van der Waals surface area contributed by atoms with Crippen molar-refractivity contribution < 1.29 is 9.31 Å². The lowest BCUT2D eigenvalue weighted by Gasteiger charge is -2.04. The Kier molecular flexibility index (Phi) is 2.73. The number of benzene rings is 1. The van der Waals surface area contributed by atoms with E-state index >= 15 is 0 Å². The van der Waals surface area contributed by atoms with Crippen LogP contribution in [0.3, 0.4) is 0 Å². The molecule has 1 aromatic carbocycles. The van der Waals surface area contributed by atoms with Crippen LogP contribution in [-0.2, 0) is 7.05 Å². The normalized spacial score (nSPS) is 10.2. The van der Waals surface area contributed by atoms with Gasteiger partial charge in [-0.25, -0.2) is 0 Å². The molecule has 0 aliphatic heterocycles. The van der Waals surface area contributed by atoms with Gasteiger partial charge in [-0.05, 0) is 12.1 Å². The molecule has 0 fully saturated rings. The van der Waals surface area contributed by atoms with Crippen LogP contribution in [0.15, 0.2) is 30.6 Å². The van der Waals surface area contributed by atoms with Crippen molar-refractivity contribution in [1.29, 1.82) is 0 Å². The lowest BCUT2D eigenvalue weighted by Crippen LogP contribution is -1.99. The maximum Gasteiger partial charge on any atom is 0.327 e. The Balaban J connectivity index is 2.39. The number of aryl methyl sites for hydroxylation is 1. The second kappa shape index (κ2) is 4.20. The van der Waals surface area contributed by atoms with Crippen molar-refractivity contribution in [1.82, 2.24) is 9.78 Å². The van der Waals surface area contributed by atoms with E-state index in [-0.39, 0.29) is 5.69 Å². The fourth-order valence-corrected chi connectivity index (χ4v) is 1.44. The van der Waals surface area contributed by atoms with Gasteiger partial charge in [-0.3, -0.25) is 14.8 Å². The number of nitrogens with zero attached hydrogens (tertiary/aromatic N) is 3. The average Bonchev–Trinajstić information content (AvgIpc) is 2.63. The van der Waals surface area contributed by atoms with Crippen molar-refractivity contribution in [3.63, 3.8) is 0 Å². The largest absolute Gasteiger partial charge is 0.347 e. The molecular weight excluding hydrogens is 227 g/mol. The number of nitro groups is 1. The number of nitro benzene ring substituents is 1. The Hall–Kier alpha value is -2.44. The molecule has 17 heavy (non-hydrogen) atoms. The van der Waals surface area contributed by atoms with E-state index in [9.17, 15) is 14.5 Å². The van der Waals surface area contributed by atoms with Crippen LogP contribution >= 0.6 is 0 Å². The molecule has 6 nitrogen and oxygen atoms in total. The summed E-state index contributed by atoms with van der Waals surface area (Å²) in [6.07, 6.45) is 3.13. The summed E-state index contributed by atoms with van der Waals surface area (Å²) >= 11 is 0. The Labute approximate surface area is 95.8 Å². The number of aromatic nitrogens is 2. The van der Waals surface area contributed by atoms with Crippen molar-refractivity contribution in [2.75, 3.05) is 5.32 Å². The Bertz CT molecular complexity index is 567. The van der Waals surface area contributed by atoms with Crippen LogP contribution in [0, 0.1) is 15.9 Å². The summed E-state index contributed by atoms with van der Waals surface area (Å²) in [7, 11) is 1.71. The molecule has 0 spiro atoms. The lowest BCUT2D eigenvalue weighted by molar-refractivity contribution is -0.386. The Morgan fingerprint density at radius 1 is 1.53 bits per heavy atom. The molecule has 7 heteroatoms. The molecule has 0 saturated heterocycles. The van der Waals surface area contributed by atoms with Crippen molar-refractivity contribution in [3.05, 3.63) is 46.5 Å². The molecule has 0 aliphatic carbocycles. The van der Waals surface area contributed by atoms with Crippen LogP contribution in [0.5, 0.6) is 0 Å². The fourth-order valence-electron chi connectivity index (χ4n) is 1.44. The van der Waals surface area contributed by atoms with Gasteiger partial charge >= 0.3 is 5.69 Å². The van der Waals surface area contributed by atoms with Crippen molar-refractivity contribution in [2.24, 2.45) is 7.05 Å². The Morgan fingerprint density at radius 2 is 2.29 bits per heavy atom. The Morgan fingerprint density at radius 3 is 2.88 bits per heavy atom. The number of para-hydroxylation sites is 1. The number of rotatable bonds is 3. The van der Waals surface area contributed by atoms with Gasteiger partial charge in [-0.2, -0.15) is 9.49 Å². The maximum absolute atomic E-state index is 13.3. The third kappa shape index (κ3) is 2.22. The lowest BCUT2D eigenvalue weighted by atomic mass is 10.2. The first kappa shape index (κ1) is 11.1. The van der Waals surface area contributed by atoms with Crippen molar-refractivity contribution >= 4 is 17.1 Å². The topological polar surface area (TPSA) is 73.0 Å². The number of anilines is 2. The van der Waals surface area contributed by atoms with Gasteiger partial charge in [0.1, 0.15) is 5.69 Å². The average molecular weight is 236 g/mol. The molecule has 1 heterocycles. The van der Waals surface area contributed by atoms with Crippen LogP contribution in [0.1, 0.15) is 0 Å². The van der Waals surface area contributed by atoms with Gasteiger partial charge in [0, 0.05) is 13.2 Å². The number of hydrogen-bond acceptors (Lipinski definition) is 4. The first-order valence-corrected chi connectivity index (χ1v) is 4.76. The zero-order chi connectivity index (χ0) is 12.4. The summed E-state index contributed by atoms with van der Waals surface area (Å²) in [5, 5.41) is 17.4. The maximum atomic E-state index is 13.3. The van der Waals surface area contributed by atoms with Crippen molar-refractivity contribution in [2.45, 2.75) is 0 Å². The number of hydrogen-bond donors (Lipinski definition) is 1. The zero-order valence-electron chi connectivity index (χ0n) is 8.92. The molecule has 0 aliphatic rings. The van der Waals surface area contributed by atoms with E-state index in [0.717, 1.165) is 6.07 Å². The number of halogens is 1. The van der Waals surface area contributed by atoms with Gasteiger partial charge < -0.3 is 5.32 Å². The van der Waals surface area contributed by atoms with Crippen LogP contribution in [-0.4, -0.2) is 14.7 Å². The quantitative estimate of drug-likeness (QED) is 0.655. The summed E-state index contributed by atoms with van der Waals surface area (Å²) in [5.41, 5.74) is 0.0838. The molecule has 0 bridgehead atoms. The zero-order valence-corrected chi connectivity index (χ0v) is 8.92. The molecule has 0 amide bonds. The van der Waals surface area contributed by atoms with Gasteiger partial charge in [0.05, 0.1) is 16.8 Å². The molecule has 0 unspecified atom stereocenters. The van der Waals surface area contributed by atoms with Gasteiger partial charge in [-0.1, -0.05) is 6.07 Å². The van der Waals surface area contributed by atoms with Gasteiger partial charge in [0.25, 0.3) is 0 Å². The molecule has 0 atom stereocenters. The number of nitrogens with one attached hydrogen (secondary N) is 1. The highest BCUT2D eigenvalue weighted by molar-refractivity contribution is 5.69. The molecular formula is C10H9FN4O2.